The van der Waals surface area contributed by atoms with E-state index in [1.165, 1.54) is 17.5 Å². The van der Waals surface area contributed by atoms with E-state index in [1.54, 1.807) is 11.0 Å². The third-order valence-corrected chi connectivity index (χ3v) is 4.95. The van der Waals surface area contributed by atoms with Crippen molar-refractivity contribution < 1.29 is 4.79 Å². The fourth-order valence-electron chi connectivity index (χ4n) is 3.47. The normalized spacial score (nSPS) is 19.7. The number of carbonyl (C=O) groups excluding carboxylic acids is 1. The van der Waals surface area contributed by atoms with Gasteiger partial charge in [-0.1, -0.05) is 60.2 Å². The number of aromatic nitrogens is 3. The van der Waals surface area contributed by atoms with E-state index >= 15 is 0 Å². The monoisotopic (exact) mass is 346 g/mol. The second kappa shape index (κ2) is 7.12. The number of benzene rings is 2. The van der Waals surface area contributed by atoms with Crippen molar-refractivity contribution in [2.75, 3.05) is 0 Å². The Bertz CT molecular complexity index is 876. The molecule has 2 aromatic carbocycles. The lowest BCUT2D eigenvalue weighted by molar-refractivity contribution is -0.123. The van der Waals surface area contributed by atoms with Gasteiger partial charge in [-0.05, 0) is 30.4 Å². The molecule has 1 aromatic heterocycles. The Hall–Kier alpha value is -2.95. The van der Waals surface area contributed by atoms with Crippen LogP contribution in [-0.2, 0) is 11.3 Å². The molecule has 0 saturated heterocycles. The van der Waals surface area contributed by atoms with Gasteiger partial charge in [0.05, 0.1) is 12.6 Å². The summed E-state index contributed by atoms with van der Waals surface area (Å²) in [6.07, 6.45) is 4.10. The molecule has 132 valence electrons. The minimum atomic E-state index is -0.121. The maximum absolute atomic E-state index is 12.8. The average Bonchev–Trinajstić information content (AvgIpc) is 3.31. The van der Waals surface area contributed by atoms with Crippen LogP contribution in [0.1, 0.15) is 35.1 Å². The molecule has 1 amide bonds. The molecule has 3 atom stereocenters. The second-order valence-corrected chi connectivity index (χ2v) is 6.95. The Morgan fingerprint density at radius 3 is 2.81 bits per heavy atom. The minimum absolute atomic E-state index is 0.0544. The molecule has 5 heteroatoms. The molecule has 1 fully saturated rings. The van der Waals surface area contributed by atoms with E-state index in [2.05, 4.69) is 46.6 Å². The van der Waals surface area contributed by atoms with Crippen LogP contribution in [0, 0.1) is 12.8 Å². The summed E-state index contributed by atoms with van der Waals surface area (Å²) in [5, 5.41) is 7.40. The predicted octanol–water partition coefficient (Wildman–Crippen LogP) is 3.25. The van der Waals surface area contributed by atoms with Gasteiger partial charge >= 0.3 is 0 Å². The maximum Gasteiger partial charge on any atom is 0.224 e. The molecule has 3 aromatic rings. The van der Waals surface area contributed by atoms with E-state index in [1.807, 2.05) is 30.3 Å². The van der Waals surface area contributed by atoms with E-state index in [4.69, 9.17) is 0 Å². The van der Waals surface area contributed by atoms with Crippen molar-refractivity contribution in [3.8, 4) is 0 Å². The lowest BCUT2D eigenvalue weighted by Gasteiger charge is -2.19. The van der Waals surface area contributed by atoms with E-state index in [0.29, 0.717) is 12.5 Å². The number of hydrogen-bond donors (Lipinski definition) is 1. The largest absolute Gasteiger partial charge is 0.347 e. The SMILES string of the molecule is Cc1cccc([C@@H]2C[C@H]2C(=O)N[C@@H](Cn2cncn2)c2ccccc2)c1. The zero-order valence-corrected chi connectivity index (χ0v) is 14.7. The topological polar surface area (TPSA) is 59.8 Å². The standard InChI is InChI=1S/C21H22N4O/c1-15-6-5-9-17(10-15)18-11-19(18)21(26)24-20(12-25-14-22-13-23-25)16-7-3-2-4-8-16/h2-10,13-14,18-20H,11-12H2,1H3,(H,24,26)/t18-,19+,20-/m0/s1. The highest BCUT2D eigenvalue weighted by molar-refractivity contribution is 5.83. The van der Waals surface area contributed by atoms with Gasteiger partial charge in [-0.2, -0.15) is 5.10 Å². The number of aryl methyl sites for hydroxylation is 1. The first-order valence-electron chi connectivity index (χ1n) is 8.95. The van der Waals surface area contributed by atoms with Gasteiger partial charge < -0.3 is 5.32 Å². The Morgan fingerprint density at radius 2 is 2.08 bits per heavy atom. The molecule has 1 heterocycles. The molecule has 0 spiro atoms. The lowest BCUT2D eigenvalue weighted by Crippen LogP contribution is -2.33. The van der Waals surface area contributed by atoms with Crippen LogP contribution in [-0.4, -0.2) is 20.7 Å². The van der Waals surface area contributed by atoms with E-state index in [9.17, 15) is 4.79 Å². The van der Waals surface area contributed by atoms with Gasteiger partial charge in [-0.3, -0.25) is 9.48 Å². The molecule has 1 aliphatic rings. The summed E-state index contributed by atoms with van der Waals surface area (Å²) >= 11 is 0. The highest BCUT2D eigenvalue weighted by Crippen LogP contribution is 2.47. The van der Waals surface area contributed by atoms with Crippen LogP contribution in [0.2, 0.25) is 0 Å². The number of rotatable bonds is 6. The van der Waals surface area contributed by atoms with Gasteiger partial charge in [0, 0.05) is 5.92 Å². The quantitative estimate of drug-likeness (QED) is 0.745. The average molecular weight is 346 g/mol. The van der Waals surface area contributed by atoms with Crippen LogP contribution in [0.5, 0.6) is 0 Å². The molecule has 1 aliphatic carbocycles. The van der Waals surface area contributed by atoms with Crippen molar-refractivity contribution in [2.24, 2.45) is 5.92 Å². The van der Waals surface area contributed by atoms with Crippen LogP contribution in [0.4, 0.5) is 0 Å². The van der Waals surface area contributed by atoms with Crippen molar-refractivity contribution in [3.05, 3.63) is 83.9 Å². The number of nitrogens with zero attached hydrogens (tertiary/aromatic N) is 3. The van der Waals surface area contributed by atoms with Crippen molar-refractivity contribution in [1.29, 1.82) is 0 Å². The fourth-order valence-corrected chi connectivity index (χ4v) is 3.47. The first-order chi connectivity index (χ1) is 12.7. The summed E-state index contributed by atoms with van der Waals surface area (Å²) in [7, 11) is 0. The zero-order chi connectivity index (χ0) is 17.9. The smallest absolute Gasteiger partial charge is 0.224 e. The Labute approximate surface area is 153 Å². The molecule has 4 rings (SSSR count). The third-order valence-electron chi connectivity index (χ3n) is 4.95. The zero-order valence-electron chi connectivity index (χ0n) is 14.7. The van der Waals surface area contributed by atoms with E-state index in [-0.39, 0.29) is 17.9 Å². The summed E-state index contributed by atoms with van der Waals surface area (Å²) in [4.78, 5) is 16.8. The second-order valence-electron chi connectivity index (χ2n) is 6.95. The van der Waals surface area contributed by atoms with Crippen molar-refractivity contribution in [3.63, 3.8) is 0 Å². The number of nitrogens with one attached hydrogen (secondary N) is 1. The molecule has 1 saturated carbocycles. The van der Waals surface area contributed by atoms with E-state index in [0.717, 1.165) is 12.0 Å². The Balaban J connectivity index is 1.46. The molecule has 0 aliphatic heterocycles. The first-order valence-corrected chi connectivity index (χ1v) is 8.95. The summed E-state index contributed by atoms with van der Waals surface area (Å²) in [6, 6.07) is 18.4. The third kappa shape index (κ3) is 3.67. The maximum atomic E-state index is 12.8. The van der Waals surface area contributed by atoms with Gasteiger partial charge in [0.15, 0.2) is 0 Å². The number of carbonyl (C=O) groups is 1. The van der Waals surface area contributed by atoms with E-state index < -0.39 is 0 Å². The molecule has 5 nitrogen and oxygen atoms in total. The molecular formula is C21H22N4O. The van der Waals surface area contributed by atoms with Gasteiger partial charge in [0.25, 0.3) is 0 Å². The first kappa shape index (κ1) is 16.5. The molecule has 0 bridgehead atoms. The summed E-state index contributed by atoms with van der Waals surface area (Å²) in [5.41, 5.74) is 3.57. The fraction of sp³-hybridized carbons (Fsp3) is 0.286. The van der Waals surface area contributed by atoms with Crippen LogP contribution >= 0.6 is 0 Å². The van der Waals surface area contributed by atoms with Gasteiger partial charge in [-0.25, -0.2) is 4.98 Å². The van der Waals surface area contributed by atoms with Crippen LogP contribution in [0.25, 0.3) is 0 Å². The van der Waals surface area contributed by atoms with Gasteiger partial charge in [-0.15, -0.1) is 0 Å². The summed E-state index contributed by atoms with van der Waals surface area (Å²) in [5.74, 6) is 0.502. The number of hydrogen-bond acceptors (Lipinski definition) is 3. The minimum Gasteiger partial charge on any atom is -0.347 e. The van der Waals surface area contributed by atoms with Crippen LogP contribution in [0.3, 0.4) is 0 Å². The van der Waals surface area contributed by atoms with Crippen molar-refractivity contribution in [2.45, 2.75) is 31.8 Å². The van der Waals surface area contributed by atoms with Gasteiger partial charge in [0.2, 0.25) is 5.91 Å². The number of amides is 1. The Kier molecular flexibility index (Phi) is 4.52. The highest BCUT2D eigenvalue weighted by atomic mass is 16.2. The molecule has 0 radical (unpaired) electrons. The van der Waals surface area contributed by atoms with Crippen LogP contribution in [0.15, 0.2) is 67.3 Å². The molecule has 0 unspecified atom stereocenters. The van der Waals surface area contributed by atoms with Crippen LogP contribution < -0.4 is 5.32 Å². The summed E-state index contributed by atoms with van der Waals surface area (Å²) in [6.45, 7) is 2.65. The van der Waals surface area contributed by atoms with Crippen molar-refractivity contribution in [1.82, 2.24) is 20.1 Å². The molecular weight excluding hydrogens is 324 g/mol. The van der Waals surface area contributed by atoms with Gasteiger partial charge in [0.1, 0.15) is 12.7 Å². The molecule has 1 N–H and O–H groups in total. The highest BCUT2D eigenvalue weighted by Gasteiger charge is 2.44. The molecule has 26 heavy (non-hydrogen) atoms. The lowest BCUT2D eigenvalue weighted by atomic mass is 10.0. The summed E-state index contributed by atoms with van der Waals surface area (Å²) < 4.78 is 1.75. The predicted molar refractivity (Wildman–Crippen MR) is 99.4 cm³/mol. The van der Waals surface area contributed by atoms with Crippen molar-refractivity contribution >= 4 is 5.91 Å². The Morgan fingerprint density at radius 1 is 1.23 bits per heavy atom.